The number of nitrogens with two attached hydrogens (primary N) is 1. The number of halogens is 1. The molecule has 1 aromatic carbocycles. The van der Waals surface area contributed by atoms with Crippen molar-refractivity contribution in [2.75, 3.05) is 0 Å². The normalized spacial score (nSPS) is 9.94. The molecule has 0 saturated carbocycles. The molecule has 1 aromatic heterocycles. The number of para-hydroxylation sites is 1. The number of furan rings is 1. The van der Waals surface area contributed by atoms with E-state index in [2.05, 4.69) is 6.58 Å². The van der Waals surface area contributed by atoms with Crippen molar-refractivity contribution in [3.63, 3.8) is 0 Å². The maximum absolute atomic E-state index is 11.0. The third-order valence-electron chi connectivity index (χ3n) is 2.64. The summed E-state index contributed by atoms with van der Waals surface area (Å²) in [4.78, 5) is 11.0. The Bertz CT molecular complexity index is 572. The van der Waals surface area contributed by atoms with Crippen molar-refractivity contribution < 1.29 is 9.21 Å². The molecular weight excluding hydrogens is 238 g/mol. The number of hydrogen-bond acceptors (Lipinski definition) is 2. The molecule has 0 aliphatic rings. The smallest absolute Gasteiger partial charge is 0.244 e. The van der Waals surface area contributed by atoms with E-state index in [9.17, 15) is 4.79 Å². The Balaban J connectivity index is 0.00000144. The van der Waals surface area contributed by atoms with Crippen molar-refractivity contribution >= 4 is 29.3 Å². The van der Waals surface area contributed by atoms with Gasteiger partial charge in [0.15, 0.2) is 0 Å². The van der Waals surface area contributed by atoms with E-state index in [0.29, 0.717) is 12.0 Å². The SMILES string of the molecule is C=C(Cc1c(C)oc2ccccc12)C(N)=O.Cl. The van der Waals surface area contributed by atoms with Crippen LogP contribution in [0.15, 0.2) is 40.8 Å². The van der Waals surface area contributed by atoms with E-state index in [1.54, 1.807) is 0 Å². The number of hydrogen-bond donors (Lipinski definition) is 1. The molecular formula is C13H14ClNO2. The van der Waals surface area contributed by atoms with Gasteiger partial charge < -0.3 is 10.2 Å². The molecule has 1 heterocycles. The molecule has 3 nitrogen and oxygen atoms in total. The Kier molecular flexibility index (Phi) is 3.97. The molecule has 0 radical (unpaired) electrons. The van der Waals surface area contributed by atoms with Gasteiger partial charge in [0.25, 0.3) is 0 Å². The van der Waals surface area contributed by atoms with Crippen molar-refractivity contribution in [3.05, 3.63) is 47.7 Å². The van der Waals surface area contributed by atoms with Crippen LogP contribution in [0, 0.1) is 6.92 Å². The molecule has 2 rings (SSSR count). The van der Waals surface area contributed by atoms with E-state index in [1.807, 2.05) is 31.2 Å². The second-order valence-corrected chi connectivity index (χ2v) is 3.78. The molecule has 0 spiro atoms. The van der Waals surface area contributed by atoms with Gasteiger partial charge in [-0.2, -0.15) is 0 Å². The molecule has 0 bridgehead atoms. The fourth-order valence-electron chi connectivity index (χ4n) is 1.74. The van der Waals surface area contributed by atoms with Gasteiger partial charge >= 0.3 is 0 Å². The number of primary amides is 1. The highest BCUT2D eigenvalue weighted by atomic mass is 35.5. The molecule has 4 heteroatoms. The molecule has 0 atom stereocenters. The Morgan fingerprint density at radius 1 is 1.41 bits per heavy atom. The fraction of sp³-hybridized carbons (Fsp3) is 0.154. The van der Waals surface area contributed by atoms with Crippen LogP contribution in [-0.4, -0.2) is 5.91 Å². The van der Waals surface area contributed by atoms with Gasteiger partial charge in [-0.1, -0.05) is 24.8 Å². The highest BCUT2D eigenvalue weighted by Gasteiger charge is 2.13. The second-order valence-electron chi connectivity index (χ2n) is 3.78. The summed E-state index contributed by atoms with van der Waals surface area (Å²) in [6.07, 6.45) is 0.443. The molecule has 0 unspecified atom stereocenters. The summed E-state index contributed by atoms with van der Waals surface area (Å²) < 4.78 is 5.59. The van der Waals surface area contributed by atoms with Crippen molar-refractivity contribution in [2.24, 2.45) is 5.73 Å². The minimum atomic E-state index is -0.468. The van der Waals surface area contributed by atoms with Crippen molar-refractivity contribution in [1.29, 1.82) is 0 Å². The van der Waals surface area contributed by atoms with Gasteiger partial charge in [0.05, 0.1) is 0 Å². The second kappa shape index (κ2) is 5.06. The Morgan fingerprint density at radius 2 is 2.06 bits per heavy atom. The van der Waals surface area contributed by atoms with Gasteiger partial charge in [0.1, 0.15) is 11.3 Å². The third kappa shape index (κ3) is 2.50. The average Bonchev–Trinajstić information content (AvgIpc) is 2.55. The van der Waals surface area contributed by atoms with E-state index >= 15 is 0 Å². The number of aryl methyl sites for hydroxylation is 1. The average molecular weight is 252 g/mol. The van der Waals surface area contributed by atoms with Crippen LogP contribution in [0.25, 0.3) is 11.0 Å². The summed E-state index contributed by atoms with van der Waals surface area (Å²) in [6.45, 7) is 5.54. The number of carbonyl (C=O) groups excluding carboxylic acids is 1. The number of carbonyl (C=O) groups is 1. The zero-order valence-electron chi connectivity index (χ0n) is 9.53. The van der Waals surface area contributed by atoms with Crippen molar-refractivity contribution in [2.45, 2.75) is 13.3 Å². The largest absolute Gasteiger partial charge is 0.461 e. The van der Waals surface area contributed by atoms with Crippen molar-refractivity contribution in [1.82, 2.24) is 0 Å². The maximum atomic E-state index is 11.0. The van der Waals surface area contributed by atoms with Crippen LogP contribution in [0.2, 0.25) is 0 Å². The topological polar surface area (TPSA) is 56.2 Å². The van der Waals surface area contributed by atoms with Crippen LogP contribution in [0.3, 0.4) is 0 Å². The minimum Gasteiger partial charge on any atom is -0.461 e. The number of fused-ring (bicyclic) bond motifs is 1. The summed E-state index contributed by atoms with van der Waals surface area (Å²) in [6, 6.07) is 7.72. The number of amides is 1. The van der Waals surface area contributed by atoms with Crippen LogP contribution in [0.1, 0.15) is 11.3 Å². The first-order valence-electron chi connectivity index (χ1n) is 5.04. The van der Waals surface area contributed by atoms with Gasteiger partial charge in [-0.05, 0) is 13.0 Å². The lowest BCUT2D eigenvalue weighted by atomic mass is 10.0. The molecule has 0 fully saturated rings. The van der Waals surface area contributed by atoms with Gasteiger partial charge in [-0.15, -0.1) is 12.4 Å². The van der Waals surface area contributed by atoms with E-state index in [1.165, 1.54) is 0 Å². The quantitative estimate of drug-likeness (QED) is 0.853. The van der Waals surface area contributed by atoms with E-state index in [4.69, 9.17) is 10.2 Å². The molecule has 1 amide bonds. The van der Waals surface area contributed by atoms with E-state index in [-0.39, 0.29) is 12.4 Å². The lowest BCUT2D eigenvalue weighted by Crippen LogP contribution is -2.14. The van der Waals surface area contributed by atoms with Crippen LogP contribution in [0.4, 0.5) is 0 Å². The predicted octanol–water partition coefficient (Wildman–Crippen LogP) is 2.75. The first-order chi connectivity index (χ1) is 7.59. The summed E-state index contributed by atoms with van der Waals surface area (Å²) >= 11 is 0. The first-order valence-corrected chi connectivity index (χ1v) is 5.04. The highest BCUT2D eigenvalue weighted by molar-refractivity contribution is 5.93. The zero-order chi connectivity index (χ0) is 11.7. The predicted molar refractivity (Wildman–Crippen MR) is 70.2 cm³/mol. The van der Waals surface area contributed by atoms with Gasteiger partial charge in [-0.3, -0.25) is 4.79 Å². The summed E-state index contributed by atoms with van der Waals surface area (Å²) in [7, 11) is 0. The monoisotopic (exact) mass is 251 g/mol. The molecule has 0 aliphatic heterocycles. The standard InChI is InChI=1S/C13H13NO2.ClH/c1-8(13(14)15)7-11-9(2)16-12-6-4-3-5-10(11)12;/h3-6H,1,7H2,2H3,(H2,14,15);1H. The van der Waals surface area contributed by atoms with Gasteiger partial charge in [0, 0.05) is 22.9 Å². The van der Waals surface area contributed by atoms with Gasteiger partial charge in [0.2, 0.25) is 5.91 Å². The summed E-state index contributed by atoms with van der Waals surface area (Å²) in [5.74, 6) is 0.341. The first kappa shape index (κ1) is 13.3. The molecule has 2 N–H and O–H groups in total. The molecule has 90 valence electrons. The maximum Gasteiger partial charge on any atom is 0.244 e. The Labute approximate surface area is 106 Å². The Hall–Kier alpha value is -1.74. The zero-order valence-corrected chi connectivity index (χ0v) is 10.3. The van der Waals surface area contributed by atoms with Crippen LogP contribution < -0.4 is 5.73 Å². The van der Waals surface area contributed by atoms with Crippen LogP contribution >= 0.6 is 12.4 Å². The van der Waals surface area contributed by atoms with Crippen LogP contribution in [-0.2, 0) is 11.2 Å². The lowest BCUT2D eigenvalue weighted by Gasteiger charge is -2.00. The lowest BCUT2D eigenvalue weighted by molar-refractivity contribution is -0.114. The number of benzene rings is 1. The highest BCUT2D eigenvalue weighted by Crippen LogP contribution is 2.26. The fourth-order valence-corrected chi connectivity index (χ4v) is 1.74. The minimum absolute atomic E-state index is 0. The third-order valence-corrected chi connectivity index (χ3v) is 2.64. The summed E-state index contributed by atoms with van der Waals surface area (Å²) in [5, 5.41) is 1.02. The van der Waals surface area contributed by atoms with E-state index in [0.717, 1.165) is 22.3 Å². The molecule has 17 heavy (non-hydrogen) atoms. The molecule has 0 aliphatic carbocycles. The molecule has 2 aromatic rings. The van der Waals surface area contributed by atoms with E-state index < -0.39 is 5.91 Å². The Morgan fingerprint density at radius 3 is 2.71 bits per heavy atom. The molecule has 0 saturated heterocycles. The summed E-state index contributed by atoms with van der Waals surface area (Å²) in [5.41, 5.74) is 7.39. The van der Waals surface area contributed by atoms with Gasteiger partial charge in [-0.25, -0.2) is 0 Å². The number of rotatable bonds is 3. The van der Waals surface area contributed by atoms with Crippen molar-refractivity contribution in [3.8, 4) is 0 Å². The van der Waals surface area contributed by atoms with Crippen LogP contribution in [0.5, 0.6) is 0 Å².